The van der Waals surface area contributed by atoms with Crippen molar-refractivity contribution in [2.24, 2.45) is 39.9 Å². The average molecular weight is 305 g/mol. The topological polar surface area (TPSA) is 20.2 Å². The Hall–Kier alpha value is -0.0400. The number of hydrogen-bond acceptors (Lipinski definition) is 1. The highest BCUT2D eigenvalue weighted by molar-refractivity contribution is 5.10. The number of rotatable bonds is 0. The van der Waals surface area contributed by atoms with E-state index in [9.17, 15) is 5.11 Å². The molecule has 4 fully saturated rings. The smallest absolute Gasteiger partial charge is 0.0594 e. The third kappa shape index (κ3) is 1.87. The van der Waals surface area contributed by atoms with Crippen molar-refractivity contribution >= 4 is 0 Å². The van der Waals surface area contributed by atoms with Crippen LogP contribution in [-0.2, 0) is 0 Å². The predicted molar refractivity (Wildman–Crippen MR) is 91.5 cm³/mol. The van der Waals surface area contributed by atoms with Crippen molar-refractivity contribution in [3.63, 3.8) is 0 Å². The van der Waals surface area contributed by atoms with E-state index in [1.54, 1.807) is 0 Å². The average Bonchev–Trinajstić information content (AvgIpc) is 2.85. The molecule has 0 radical (unpaired) electrons. The number of hydrogen-bond donors (Lipinski definition) is 1. The van der Waals surface area contributed by atoms with Crippen molar-refractivity contribution in [1.82, 2.24) is 0 Å². The Morgan fingerprint density at radius 1 is 0.773 bits per heavy atom. The molecule has 1 nitrogen and oxygen atoms in total. The maximum absolute atomic E-state index is 10.6. The Labute approximate surface area is 137 Å². The zero-order chi connectivity index (χ0) is 15.8. The predicted octanol–water partition coefficient (Wildman–Crippen LogP) is 5.42. The summed E-state index contributed by atoms with van der Waals surface area (Å²) in [6, 6.07) is 0. The van der Waals surface area contributed by atoms with E-state index in [2.05, 4.69) is 27.7 Å². The minimum Gasteiger partial charge on any atom is -0.393 e. The molecule has 126 valence electrons. The minimum atomic E-state index is -0.0811. The highest BCUT2D eigenvalue weighted by Gasteiger charge is 2.61. The molecule has 7 atom stereocenters. The Kier molecular flexibility index (Phi) is 3.34. The van der Waals surface area contributed by atoms with Crippen LogP contribution in [-0.4, -0.2) is 11.2 Å². The molecule has 22 heavy (non-hydrogen) atoms. The van der Waals surface area contributed by atoms with Gasteiger partial charge in [0.1, 0.15) is 0 Å². The second-order valence-electron chi connectivity index (χ2n) is 10.5. The zero-order valence-electron chi connectivity index (χ0n) is 15.2. The number of aliphatic hydroxyl groups excluding tert-OH is 1. The Morgan fingerprint density at radius 2 is 1.55 bits per heavy atom. The monoisotopic (exact) mass is 304 g/mol. The SMILES string of the molecule is CC12CCCC1C1CCC3C(C)(C)C(O)CCC3(C)C1CC2. The first kappa shape index (κ1) is 15.5. The van der Waals surface area contributed by atoms with Crippen LogP contribution in [0.4, 0.5) is 0 Å². The molecule has 0 saturated heterocycles. The van der Waals surface area contributed by atoms with Gasteiger partial charge in [-0.1, -0.05) is 34.1 Å². The molecule has 7 unspecified atom stereocenters. The first-order chi connectivity index (χ1) is 10.3. The van der Waals surface area contributed by atoms with E-state index in [-0.39, 0.29) is 11.5 Å². The highest BCUT2D eigenvalue weighted by atomic mass is 16.3. The van der Waals surface area contributed by atoms with Crippen LogP contribution in [0.2, 0.25) is 0 Å². The molecular formula is C21H36O. The van der Waals surface area contributed by atoms with Gasteiger partial charge < -0.3 is 5.11 Å². The van der Waals surface area contributed by atoms with Crippen LogP contribution >= 0.6 is 0 Å². The summed E-state index contributed by atoms with van der Waals surface area (Å²) in [5.74, 6) is 3.68. The molecule has 1 N–H and O–H groups in total. The van der Waals surface area contributed by atoms with Gasteiger partial charge >= 0.3 is 0 Å². The zero-order valence-corrected chi connectivity index (χ0v) is 15.2. The Morgan fingerprint density at radius 3 is 2.32 bits per heavy atom. The highest BCUT2D eigenvalue weighted by Crippen LogP contribution is 2.68. The molecular weight excluding hydrogens is 268 g/mol. The number of fused-ring (bicyclic) bond motifs is 5. The molecule has 4 aliphatic rings. The Balaban J connectivity index is 1.67. The van der Waals surface area contributed by atoms with Gasteiger partial charge in [0, 0.05) is 0 Å². The quantitative estimate of drug-likeness (QED) is 0.634. The number of aliphatic hydroxyl groups is 1. The molecule has 0 amide bonds. The molecule has 0 aromatic heterocycles. The summed E-state index contributed by atoms with van der Waals surface area (Å²) in [5, 5.41) is 10.6. The third-order valence-electron chi connectivity index (χ3n) is 9.36. The fourth-order valence-corrected chi connectivity index (χ4v) is 8.08. The maximum Gasteiger partial charge on any atom is 0.0594 e. The van der Waals surface area contributed by atoms with Gasteiger partial charge in [0.2, 0.25) is 0 Å². The molecule has 4 aliphatic carbocycles. The molecule has 0 aromatic rings. The summed E-state index contributed by atoms with van der Waals surface area (Å²) in [5.41, 5.74) is 1.29. The van der Waals surface area contributed by atoms with E-state index in [0.717, 1.165) is 30.1 Å². The van der Waals surface area contributed by atoms with E-state index >= 15 is 0 Å². The van der Waals surface area contributed by atoms with E-state index in [1.807, 2.05) is 0 Å². The lowest BCUT2D eigenvalue weighted by atomic mass is 9.41. The van der Waals surface area contributed by atoms with Gasteiger partial charge in [0.25, 0.3) is 0 Å². The van der Waals surface area contributed by atoms with Crippen LogP contribution in [0.25, 0.3) is 0 Å². The first-order valence-corrected chi connectivity index (χ1v) is 9.97. The van der Waals surface area contributed by atoms with E-state index in [0.29, 0.717) is 10.8 Å². The fraction of sp³-hybridized carbons (Fsp3) is 1.00. The second-order valence-corrected chi connectivity index (χ2v) is 10.5. The van der Waals surface area contributed by atoms with Crippen molar-refractivity contribution < 1.29 is 5.11 Å². The van der Waals surface area contributed by atoms with Crippen LogP contribution < -0.4 is 0 Å². The molecule has 0 heterocycles. The summed E-state index contributed by atoms with van der Waals surface area (Å²) < 4.78 is 0. The van der Waals surface area contributed by atoms with Gasteiger partial charge in [-0.05, 0) is 91.3 Å². The van der Waals surface area contributed by atoms with Gasteiger partial charge in [-0.15, -0.1) is 0 Å². The summed E-state index contributed by atoms with van der Waals surface area (Å²) in [6.45, 7) is 9.91. The molecule has 1 heteroatoms. The third-order valence-corrected chi connectivity index (χ3v) is 9.36. The van der Waals surface area contributed by atoms with Crippen LogP contribution in [0.1, 0.15) is 85.5 Å². The van der Waals surface area contributed by atoms with Crippen molar-refractivity contribution in [2.45, 2.75) is 91.6 Å². The van der Waals surface area contributed by atoms with Crippen LogP contribution in [0.15, 0.2) is 0 Å². The van der Waals surface area contributed by atoms with Gasteiger partial charge in [-0.2, -0.15) is 0 Å². The molecule has 4 saturated carbocycles. The van der Waals surface area contributed by atoms with E-state index < -0.39 is 0 Å². The lowest BCUT2D eigenvalue weighted by molar-refractivity contribution is -0.175. The van der Waals surface area contributed by atoms with Crippen molar-refractivity contribution in [2.75, 3.05) is 0 Å². The lowest BCUT2D eigenvalue weighted by Gasteiger charge is -2.64. The van der Waals surface area contributed by atoms with Crippen LogP contribution in [0.5, 0.6) is 0 Å². The first-order valence-electron chi connectivity index (χ1n) is 9.97. The molecule has 0 aromatic carbocycles. The molecule has 0 bridgehead atoms. The summed E-state index contributed by atoms with van der Waals surface area (Å²) in [7, 11) is 0. The summed E-state index contributed by atoms with van der Waals surface area (Å²) in [4.78, 5) is 0. The second kappa shape index (κ2) is 4.74. The lowest BCUT2D eigenvalue weighted by Crippen LogP contribution is -2.58. The van der Waals surface area contributed by atoms with Gasteiger partial charge in [0.15, 0.2) is 0 Å². The minimum absolute atomic E-state index is 0.0811. The molecule has 0 spiro atoms. The standard InChI is InChI=1S/C21H36O/c1-19(2)17-8-7-14-15-6-5-11-20(15,3)12-9-16(14)21(17,4)13-10-18(19)22/h14-18,22H,5-13H2,1-4H3. The van der Waals surface area contributed by atoms with E-state index in [1.165, 1.54) is 51.4 Å². The molecule has 4 rings (SSSR count). The van der Waals surface area contributed by atoms with Gasteiger partial charge in [-0.3, -0.25) is 0 Å². The van der Waals surface area contributed by atoms with Crippen molar-refractivity contribution in [3.8, 4) is 0 Å². The van der Waals surface area contributed by atoms with Crippen molar-refractivity contribution in [1.29, 1.82) is 0 Å². The normalized spacial score (nSPS) is 56.9. The van der Waals surface area contributed by atoms with Gasteiger partial charge in [0.05, 0.1) is 6.10 Å². The summed E-state index contributed by atoms with van der Waals surface area (Å²) >= 11 is 0. The largest absolute Gasteiger partial charge is 0.393 e. The van der Waals surface area contributed by atoms with Crippen molar-refractivity contribution in [3.05, 3.63) is 0 Å². The van der Waals surface area contributed by atoms with Gasteiger partial charge in [-0.25, -0.2) is 0 Å². The van der Waals surface area contributed by atoms with Crippen LogP contribution in [0.3, 0.4) is 0 Å². The Bertz CT molecular complexity index is 455. The molecule has 0 aliphatic heterocycles. The maximum atomic E-state index is 10.6. The summed E-state index contributed by atoms with van der Waals surface area (Å²) in [6.07, 6.45) is 12.5. The van der Waals surface area contributed by atoms with Crippen LogP contribution in [0, 0.1) is 39.9 Å². The van der Waals surface area contributed by atoms with E-state index in [4.69, 9.17) is 0 Å². The fourth-order valence-electron chi connectivity index (χ4n) is 8.08.